The second-order valence-electron chi connectivity index (χ2n) is 17.2. The summed E-state index contributed by atoms with van der Waals surface area (Å²) in [6.07, 6.45) is 2.70. The molecular weight excluding hydrogens is 770 g/mol. The van der Waals surface area contributed by atoms with E-state index in [4.69, 9.17) is 9.15 Å². The van der Waals surface area contributed by atoms with E-state index >= 15 is 4.39 Å². The van der Waals surface area contributed by atoms with Gasteiger partial charge in [-0.3, -0.25) is 29.0 Å². The number of halogens is 1. The van der Waals surface area contributed by atoms with Crippen molar-refractivity contribution in [3.8, 4) is 17.2 Å². The fourth-order valence-corrected chi connectivity index (χ4v) is 9.55. The molecule has 0 bridgehead atoms. The minimum absolute atomic E-state index is 0.0138. The van der Waals surface area contributed by atoms with Crippen molar-refractivity contribution < 1.29 is 27.9 Å². The third kappa shape index (κ3) is 7.14. The molecule has 4 fully saturated rings. The number of carbonyl (C=O) groups excluding carboxylic acids is 3. The monoisotopic (exact) mass is 819 g/mol. The molecule has 0 spiro atoms. The molecule has 0 saturated carbocycles. The summed E-state index contributed by atoms with van der Waals surface area (Å²) in [6.45, 7) is 8.98. The molecule has 10 rings (SSSR count). The van der Waals surface area contributed by atoms with Gasteiger partial charge in [-0.25, -0.2) is 4.39 Å². The summed E-state index contributed by atoms with van der Waals surface area (Å²) in [5, 5.41) is 7.96. The highest BCUT2D eigenvalue weighted by atomic mass is 19.1. The summed E-state index contributed by atoms with van der Waals surface area (Å²) in [6, 6.07) is 12.1. The van der Waals surface area contributed by atoms with Gasteiger partial charge >= 0.3 is 0 Å². The van der Waals surface area contributed by atoms with Crippen molar-refractivity contribution in [2.24, 2.45) is 0 Å². The minimum atomic E-state index is -0.655. The van der Waals surface area contributed by atoms with Crippen LogP contribution in [0.15, 0.2) is 57.9 Å². The van der Waals surface area contributed by atoms with E-state index in [1.165, 1.54) is 6.07 Å². The van der Waals surface area contributed by atoms with Crippen LogP contribution in [0.4, 0.5) is 10.1 Å². The lowest BCUT2D eigenvalue weighted by atomic mass is 10.0. The van der Waals surface area contributed by atoms with Gasteiger partial charge in [0.05, 0.1) is 24.2 Å². The fourth-order valence-electron chi connectivity index (χ4n) is 9.55. The molecule has 5 aliphatic rings. The Morgan fingerprint density at radius 3 is 2.10 bits per heavy atom. The van der Waals surface area contributed by atoms with E-state index in [1.807, 2.05) is 41.3 Å². The molecular formula is C44H50FN9O6. The molecule has 0 aliphatic carbocycles. The van der Waals surface area contributed by atoms with Crippen LogP contribution in [-0.4, -0.2) is 165 Å². The normalized spacial score (nSPS) is 21.5. The van der Waals surface area contributed by atoms with Crippen LogP contribution in [0.25, 0.3) is 38.5 Å². The first-order valence-electron chi connectivity index (χ1n) is 21.1. The van der Waals surface area contributed by atoms with Crippen molar-refractivity contribution in [2.75, 3.05) is 111 Å². The number of likely N-dealkylation sites (N-methyl/N-ethyl adjacent to an activating group) is 2. The molecule has 4 saturated heterocycles. The number of rotatable bonds is 8. The maximum absolute atomic E-state index is 16.7. The highest BCUT2D eigenvalue weighted by molar-refractivity contribution is 6.07. The average Bonchev–Trinajstić information content (AvgIpc) is 3.98. The minimum Gasteiger partial charge on any atom is -0.456 e. The zero-order chi connectivity index (χ0) is 41.2. The topological polar surface area (TPSA) is 139 Å². The molecule has 5 aromatic rings. The third-order valence-electron chi connectivity index (χ3n) is 13.0. The van der Waals surface area contributed by atoms with Gasteiger partial charge in [-0.2, -0.15) is 0 Å². The number of nitrogens with one attached hydrogen (secondary N) is 2. The second-order valence-corrected chi connectivity index (χ2v) is 17.2. The molecule has 0 radical (unpaired) electrons. The quantitative estimate of drug-likeness (QED) is 0.235. The highest BCUT2D eigenvalue weighted by Crippen LogP contribution is 2.49. The lowest BCUT2D eigenvalue weighted by molar-refractivity contribution is -0.124. The van der Waals surface area contributed by atoms with Crippen LogP contribution in [0.3, 0.4) is 0 Å². The van der Waals surface area contributed by atoms with Crippen molar-refractivity contribution in [2.45, 2.75) is 24.9 Å². The van der Waals surface area contributed by atoms with Crippen molar-refractivity contribution in [3.63, 3.8) is 0 Å². The van der Waals surface area contributed by atoms with Crippen molar-refractivity contribution in [1.82, 2.24) is 39.7 Å². The summed E-state index contributed by atoms with van der Waals surface area (Å²) in [7, 11) is 4.15. The molecule has 2 N–H and O–H groups in total. The largest absolute Gasteiger partial charge is 0.456 e. The van der Waals surface area contributed by atoms with Gasteiger partial charge in [0, 0.05) is 114 Å². The van der Waals surface area contributed by atoms with E-state index < -0.39 is 17.2 Å². The Morgan fingerprint density at radius 2 is 1.40 bits per heavy atom. The van der Waals surface area contributed by atoms with Crippen molar-refractivity contribution in [1.29, 1.82) is 0 Å². The standard InChI is InChI=1S/C44H50FN9O6/c1-48-11-15-50(16-12-48)25-38(55)46-27-7-9-52(22-27)41-33(45)19-31-40-43(41)60-37-20-30-29-5-3-4-6-35(29)59-36(30)21-34(37)54(40)24-32(42(31)57)44(58)53-10-8-28(23-53)47-39(56)26-51-17-13-49(2)14-18-51/h3-6,19-21,24,27-28H,7-18,22-23,25-26H2,1-2H3,(H,46,55)(H,47,56)/t27-,28?/m1/s1. The van der Waals surface area contributed by atoms with Gasteiger partial charge in [0.25, 0.3) is 5.91 Å². The number of hydrogen-bond donors (Lipinski definition) is 2. The van der Waals surface area contributed by atoms with E-state index in [-0.39, 0.29) is 52.8 Å². The zero-order valence-electron chi connectivity index (χ0n) is 34.0. The van der Waals surface area contributed by atoms with Gasteiger partial charge in [-0.15, -0.1) is 0 Å². The maximum atomic E-state index is 16.7. The Balaban J connectivity index is 0.963. The summed E-state index contributed by atoms with van der Waals surface area (Å²) >= 11 is 0. The number of furan rings is 1. The van der Waals surface area contributed by atoms with Gasteiger partial charge in [0.15, 0.2) is 17.3 Å². The second kappa shape index (κ2) is 15.5. The number of anilines is 1. The Bertz CT molecular complexity index is 2590. The fraction of sp³-hybridized carbons (Fsp3) is 0.455. The van der Waals surface area contributed by atoms with Crippen LogP contribution in [-0.2, 0) is 9.59 Å². The Kier molecular flexibility index (Phi) is 9.97. The highest BCUT2D eigenvalue weighted by Gasteiger charge is 2.36. The van der Waals surface area contributed by atoms with E-state index in [0.29, 0.717) is 73.7 Å². The number of likely N-dealkylation sites (tertiary alicyclic amines) is 1. The molecule has 15 nitrogen and oxygen atoms in total. The predicted octanol–water partition coefficient (Wildman–Crippen LogP) is 2.66. The molecule has 3 amide bonds. The van der Waals surface area contributed by atoms with E-state index in [9.17, 15) is 19.2 Å². The first kappa shape index (κ1) is 38.6. The van der Waals surface area contributed by atoms with Crippen LogP contribution in [0, 0.1) is 5.82 Å². The van der Waals surface area contributed by atoms with Gasteiger partial charge in [0.1, 0.15) is 27.9 Å². The number of benzene rings is 3. The van der Waals surface area contributed by atoms with E-state index in [1.54, 1.807) is 15.7 Å². The third-order valence-corrected chi connectivity index (χ3v) is 13.0. The molecule has 16 heteroatoms. The van der Waals surface area contributed by atoms with Crippen molar-refractivity contribution >= 4 is 56.3 Å². The number of para-hydroxylation sites is 1. The Morgan fingerprint density at radius 1 is 0.750 bits per heavy atom. The van der Waals surface area contributed by atoms with Gasteiger partial charge < -0.3 is 44.0 Å². The van der Waals surface area contributed by atoms with Crippen LogP contribution in [0.2, 0.25) is 0 Å². The molecule has 2 aromatic heterocycles. The SMILES string of the molecule is CN1CCN(CC(=O)NC2CCN(C(=O)c3cn4c5c(c(N6CC[C@@H](NC(=O)CN7CCN(C)CC7)C6)c(F)cc5c3=O)Oc3cc5c(cc3-4)oc3ccccc35)C2)CC1. The summed E-state index contributed by atoms with van der Waals surface area (Å²) in [5.41, 5.74) is 1.65. The number of ether oxygens (including phenoxy) is 1. The van der Waals surface area contributed by atoms with Crippen LogP contribution < -0.4 is 25.7 Å². The number of nitrogens with zero attached hydrogens (tertiary/aromatic N) is 7. The molecule has 1 unspecified atom stereocenters. The molecule has 2 atom stereocenters. The first-order valence-corrected chi connectivity index (χ1v) is 21.1. The number of aromatic nitrogens is 1. The predicted molar refractivity (Wildman–Crippen MR) is 226 cm³/mol. The van der Waals surface area contributed by atoms with Gasteiger partial charge in [-0.1, -0.05) is 18.2 Å². The lowest BCUT2D eigenvalue weighted by Gasteiger charge is -2.32. The zero-order valence-corrected chi connectivity index (χ0v) is 34.0. The van der Waals surface area contributed by atoms with Gasteiger partial charge in [0.2, 0.25) is 17.2 Å². The summed E-state index contributed by atoms with van der Waals surface area (Å²) in [5.74, 6) is -0.695. The summed E-state index contributed by atoms with van der Waals surface area (Å²) < 4.78 is 31.4. The van der Waals surface area contributed by atoms with E-state index in [0.717, 1.165) is 63.1 Å². The molecule has 60 heavy (non-hydrogen) atoms. The maximum Gasteiger partial charge on any atom is 0.259 e. The molecule has 3 aromatic carbocycles. The van der Waals surface area contributed by atoms with Crippen molar-refractivity contribution in [3.05, 3.63) is 70.3 Å². The van der Waals surface area contributed by atoms with Crippen LogP contribution in [0.5, 0.6) is 11.5 Å². The van der Waals surface area contributed by atoms with Crippen LogP contribution >= 0.6 is 0 Å². The number of pyridine rings is 1. The first-order chi connectivity index (χ1) is 29.1. The molecule has 7 heterocycles. The van der Waals surface area contributed by atoms with Crippen LogP contribution in [0.1, 0.15) is 23.2 Å². The number of hydrogen-bond acceptors (Lipinski definition) is 11. The Labute approximate surface area is 346 Å². The summed E-state index contributed by atoms with van der Waals surface area (Å²) in [4.78, 5) is 67.0. The van der Waals surface area contributed by atoms with E-state index in [2.05, 4.69) is 44.3 Å². The number of carbonyl (C=O) groups is 3. The number of piperazine rings is 2. The molecule has 5 aliphatic heterocycles. The average molecular weight is 820 g/mol. The lowest BCUT2D eigenvalue weighted by Crippen LogP contribution is -2.49. The number of fused-ring (bicyclic) bond motifs is 5. The smallest absolute Gasteiger partial charge is 0.259 e. The Hall–Kier alpha value is -5.55. The number of amides is 3. The molecule has 314 valence electrons. The van der Waals surface area contributed by atoms with Gasteiger partial charge in [-0.05, 0) is 45.1 Å².